The van der Waals surface area contributed by atoms with Crippen molar-refractivity contribution in [2.75, 3.05) is 7.11 Å². The van der Waals surface area contributed by atoms with E-state index in [1.807, 2.05) is 0 Å². The largest absolute Gasteiger partial charge is 0.497 e. The number of Topliss-reactive ketones (excluding diaryl/α,β-unsaturated/α-hetero) is 1. The summed E-state index contributed by atoms with van der Waals surface area (Å²) in [7, 11) is 1.54. The summed E-state index contributed by atoms with van der Waals surface area (Å²) in [6.45, 7) is 1.70. The molecule has 0 saturated heterocycles. The van der Waals surface area contributed by atoms with Crippen molar-refractivity contribution in [1.82, 2.24) is 9.78 Å². The number of rotatable bonds is 4. The van der Waals surface area contributed by atoms with Gasteiger partial charge in [-0.25, -0.2) is 4.68 Å². The van der Waals surface area contributed by atoms with Crippen LogP contribution >= 0.6 is 0 Å². The molecule has 2 aromatic rings. The van der Waals surface area contributed by atoms with Gasteiger partial charge in [-0.2, -0.15) is 5.10 Å². The molecule has 2 rings (SSSR count). The number of hydrogen-bond donors (Lipinski definition) is 0. The van der Waals surface area contributed by atoms with Gasteiger partial charge in [0.1, 0.15) is 12.3 Å². The predicted molar refractivity (Wildman–Crippen MR) is 70.6 cm³/mol. The van der Waals surface area contributed by atoms with E-state index < -0.39 is 0 Å². The minimum atomic E-state index is -0.281. The molecule has 0 saturated carbocycles. The average Bonchev–Trinajstić information content (AvgIpc) is 2.42. The molecule has 0 aliphatic rings. The minimum absolute atomic E-state index is 0.0771. The standard InChI is InChI=1S/C14H14N2O3/c1-10-6-14(18)16(15-8-10)9-13(17)11-4-3-5-12(7-11)19-2/h3-8H,9H2,1-2H3. The number of aromatic nitrogens is 2. The topological polar surface area (TPSA) is 61.2 Å². The zero-order valence-electron chi connectivity index (χ0n) is 10.8. The summed E-state index contributed by atoms with van der Waals surface area (Å²) in [6, 6.07) is 8.27. The van der Waals surface area contributed by atoms with Gasteiger partial charge >= 0.3 is 0 Å². The number of aryl methyl sites for hydroxylation is 1. The van der Waals surface area contributed by atoms with E-state index in [4.69, 9.17) is 4.74 Å². The number of methoxy groups -OCH3 is 1. The Labute approximate surface area is 110 Å². The number of ketones is 1. The van der Waals surface area contributed by atoms with Gasteiger partial charge in [-0.05, 0) is 24.6 Å². The van der Waals surface area contributed by atoms with Crippen LogP contribution in [0.15, 0.2) is 41.3 Å². The van der Waals surface area contributed by atoms with Crippen LogP contribution in [0, 0.1) is 6.92 Å². The summed E-state index contributed by atoms with van der Waals surface area (Å²) in [5.74, 6) is 0.424. The molecule has 1 aromatic heterocycles. The van der Waals surface area contributed by atoms with Crippen molar-refractivity contribution in [3.8, 4) is 5.75 Å². The van der Waals surface area contributed by atoms with E-state index >= 15 is 0 Å². The number of benzene rings is 1. The van der Waals surface area contributed by atoms with E-state index in [0.717, 1.165) is 10.2 Å². The molecule has 0 aliphatic carbocycles. The maximum Gasteiger partial charge on any atom is 0.267 e. The van der Waals surface area contributed by atoms with E-state index in [2.05, 4.69) is 5.10 Å². The van der Waals surface area contributed by atoms with Gasteiger partial charge in [0, 0.05) is 11.6 Å². The maximum absolute atomic E-state index is 12.1. The summed E-state index contributed by atoms with van der Waals surface area (Å²) in [5.41, 5.74) is 0.986. The molecule has 0 aliphatic heterocycles. The van der Waals surface area contributed by atoms with Crippen LogP contribution in [0.5, 0.6) is 5.75 Å². The fourth-order valence-electron chi connectivity index (χ4n) is 1.67. The lowest BCUT2D eigenvalue weighted by Crippen LogP contribution is -2.26. The van der Waals surface area contributed by atoms with Crippen LogP contribution in [0.4, 0.5) is 0 Å². The Hall–Kier alpha value is -2.43. The first kappa shape index (κ1) is 13.0. The minimum Gasteiger partial charge on any atom is -0.497 e. The highest BCUT2D eigenvalue weighted by Gasteiger charge is 2.09. The smallest absolute Gasteiger partial charge is 0.267 e. The summed E-state index contributed by atoms with van der Waals surface area (Å²) in [6.07, 6.45) is 1.56. The van der Waals surface area contributed by atoms with E-state index in [9.17, 15) is 9.59 Å². The fourth-order valence-corrected chi connectivity index (χ4v) is 1.67. The number of carbonyl (C=O) groups excluding carboxylic acids is 1. The van der Waals surface area contributed by atoms with Gasteiger partial charge in [0.2, 0.25) is 0 Å². The van der Waals surface area contributed by atoms with Crippen LogP contribution in [0.2, 0.25) is 0 Å². The first-order valence-electron chi connectivity index (χ1n) is 5.81. The van der Waals surface area contributed by atoms with Crippen LogP contribution in [-0.4, -0.2) is 22.7 Å². The highest BCUT2D eigenvalue weighted by atomic mass is 16.5. The van der Waals surface area contributed by atoms with Gasteiger partial charge in [-0.15, -0.1) is 0 Å². The Kier molecular flexibility index (Phi) is 3.75. The van der Waals surface area contributed by atoms with Crippen LogP contribution < -0.4 is 10.3 Å². The third-order valence-corrected chi connectivity index (χ3v) is 2.69. The second-order valence-corrected chi connectivity index (χ2v) is 4.18. The number of carbonyl (C=O) groups is 1. The van der Waals surface area contributed by atoms with Gasteiger partial charge in [0.05, 0.1) is 13.3 Å². The monoisotopic (exact) mass is 258 g/mol. The SMILES string of the molecule is COc1cccc(C(=O)Cn2ncc(C)cc2=O)c1. The molecular formula is C14H14N2O3. The summed E-state index contributed by atoms with van der Waals surface area (Å²) in [4.78, 5) is 23.7. The van der Waals surface area contributed by atoms with Gasteiger partial charge in [-0.3, -0.25) is 9.59 Å². The molecule has 0 amide bonds. The zero-order valence-corrected chi connectivity index (χ0v) is 10.8. The molecule has 98 valence electrons. The van der Waals surface area contributed by atoms with Crippen LogP contribution in [-0.2, 0) is 6.54 Å². The van der Waals surface area contributed by atoms with Crippen molar-refractivity contribution >= 4 is 5.78 Å². The van der Waals surface area contributed by atoms with Crippen molar-refractivity contribution in [3.63, 3.8) is 0 Å². The average molecular weight is 258 g/mol. The first-order chi connectivity index (χ1) is 9.10. The molecule has 0 radical (unpaired) electrons. The van der Waals surface area contributed by atoms with Crippen LogP contribution in [0.1, 0.15) is 15.9 Å². The lowest BCUT2D eigenvalue weighted by molar-refractivity contribution is 0.0965. The molecule has 5 heteroatoms. The molecule has 0 spiro atoms. The highest BCUT2D eigenvalue weighted by Crippen LogP contribution is 2.13. The summed E-state index contributed by atoms with van der Waals surface area (Å²) in [5, 5.41) is 3.94. The molecule has 5 nitrogen and oxygen atoms in total. The number of ether oxygens (including phenoxy) is 1. The fraction of sp³-hybridized carbons (Fsp3) is 0.214. The van der Waals surface area contributed by atoms with Gasteiger partial charge < -0.3 is 4.74 Å². The second-order valence-electron chi connectivity index (χ2n) is 4.18. The van der Waals surface area contributed by atoms with E-state index in [1.165, 1.54) is 13.2 Å². The van der Waals surface area contributed by atoms with Crippen molar-refractivity contribution < 1.29 is 9.53 Å². The van der Waals surface area contributed by atoms with Crippen LogP contribution in [0.25, 0.3) is 0 Å². The molecule has 19 heavy (non-hydrogen) atoms. The molecule has 0 unspecified atom stereocenters. The lowest BCUT2D eigenvalue weighted by atomic mass is 10.1. The molecule has 0 N–H and O–H groups in total. The van der Waals surface area contributed by atoms with Crippen molar-refractivity contribution in [2.45, 2.75) is 13.5 Å². The van der Waals surface area contributed by atoms with E-state index in [1.54, 1.807) is 37.4 Å². The molecule has 1 heterocycles. The molecule has 1 aromatic carbocycles. The van der Waals surface area contributed by atoms with Gasteiger partial charge in [-0.1, -0.05) is 12.1 Å². The Balaban J connectivity index is 2.23. The first-order valence-corrected chi connectivity index (χ1v) is 5.81. The summed E-state index contributed by atoms with van der Waals surface area (Å²) < 4.78 is 6.21. The third-order valence-electron chi connectivity index (χ3n) is 2.69. The van der Waals surface area contributed by atoms with Crippen molar-refractivity contribution in [1.29, 1.82) is 0 Å². The van der Waals surface area contributed by atoms with Gasteiger partial charge in [0.15, 0.2) is 5.78 Å². The quantitative estimate of drug-likeness (QED) is 0.779. The molecular weight excluding hydrogens is 244 g/mol. The predicted octanol–water partition coefficient (Wildman–Crippen LogP) is 1.44. The summed E-state index contributed by atoms with van der Waals surface area (Å²) >= 11 is 0. The van der Waals surface area contributed by atoms with E-state index in [-0.39, 0.29) is 17.9 Å². The second kappa shape index (κ2) is 5.48. The molecule has 0 fully saturated rings. The van der Waals surface area contributed by atoms with Crippen LogP contribution in [0.3, 0.4) is 0 Å². The van der Waals surface area contributed by atoms with Gasteiger partial charge in [0.25, 0.3) is 5.56 Å². The zero-order chi connectivity index (χ0) is 13.8. The Morgan fingerprint density at radius 1 is 1.37 bits per heavy atom. The highest BCUT2D eigenvalue weighted by molar-refractivity contribution is 5.96. The number of nitrogens with zero attached hydrogens (tertiary/aromatic N) is 2. The van der Waals surface area contributed by atoms with E-state index in [0.29, 0.717) is 11.3 Å². The number of hydrogen-bond acceptors (Lipinski definition) is 4. The molecule has 0 bridgehead atoms. The maximum atomic E-state index is 12.1. The third kappa shape index (κ3) is 3.07. The van der Waals surface area contributed by atoms with Crippen molar-refractivity contribution in [3.05, 3.63) is 58.0 Å². The lowest BCUT2D eigenvalue weighted by Gasteiger charge is -2.05. The Bertz CT molecular complexity index is 662. The Morgan fingerprint density at radius 3 is 2.84 bits per heavy atom. The Morgan fingerprint density at radius 2 is 2.16 bits per heavy atom. The van der Waals surface area contributed by atoms with Crippen molar-refractivity contribution in [2.24, 2.45) is 0 Å². The molecule has 0 atom stereocenters. The normalized spacial score (nSPS) is 10.2.